The molecule has 2 atom stereocenters. The van der Waals surface area contributed by atoms with Crippen molar-refractivity contribution in [3.05, 3.63) is 12.2 Å². The Kier molecular flexibility index (Phi) is 8.85. The highest BCUT2D eigenvalue weighted by Crippen LogP contribution is 2.15. The van der Waals surface area contributed by atoms with Gasteiger partial charge in [-0.05, 0) is 37.0 Å². The molecule has 0 aliphatic rings. The highest BCUT2D eigenvalue weighted by Gasteiger charge is 2.01. The lowest BCUT2D eigenvalue weighted by molar-refractivity contribution is 0.485. The minimum atomic E-state index is 0.756. The van der Waals surface area contributed by atoms with E-state index in [1.54, 1.807) is 0 Å². The van der Waals surface area contributed by atoms with Crippen LogP contribution in [0.15, 0.2) is 12.2 Å². The second kappa shape index (κ2) is 9.00. The summed E-state index contributed by atoms with van der Waals surface area (Å²) < 4.78 is 0. The Morgan fingerprint density at radius 3 is 2.20 bits per heavy atom. The molecule has 0 saturated heterocycles. The minimum absolute atomic E-state index is 0.756. The molecule has 0 aromatic rings. The molecule has 15 heavy (non-hydrogen) atoms. The molecule has 0 aliphatic heterocycles. The summed E-state index contributed by atoms with van der Waals surface area (Å²) in [5, 5.41) is 0. The first-order chi connectivity index (χ1) is 7.06. The molecule has 0 heteroatoms. The molecule has 0 spiro atoms. The average Bonchev–Trinajstić information content (AvgIpc) is 2.12. The predicted molar refractivity (Wildman–Crippen MR) is 71.1 cm³/mol. The summed E-state index contributed by atoms with van der Waals surface area (Å²) in [6, 6.07) is 0. The van der Waals surface area contributed by atoms with E-state index >= 15 is 0 Å². The Labute approximate surface area is 97.2 Å². The SMILES string of the molecule is CCCC(C)CCC=CC(C)CC(C)C. The lowest BCUT2D eigenvalue weighted by Gasteiger charge is -2.10. The third-order valence-corrected chi connectivity index (χ3v) is 2.92. The summed E-state index contributed by atoms with van der Waals surface area (Å²) >= 11 is 0. The second-order valence-electron chi connectivity index (χ2n) is 5.51. The molecular formula is C15H30. The van der Waals surface area contributed by atoms with E-state index in [4.69, 9.17) is 0 Å². The summed E-state index contributed by atoms with van der Waals surface area (Å²) in [7, 11) is 0. The van der Waals surface area contributed by atoms with Gasteiger partial charge in [0.1, 0.15) is 0 Å². The van der Waals surface area contributed by atoms with Crippen molar-refractivity contribution in [2.75, 3.05) is 0 Å². The molecule has 0 saturated carbocycles. The van der Waals surface area contributed by atoms with Crippen LogP contribution in [0, 0.1) is 17.8 Å². The number of rotatable bonds is 8. The van der Waals surface area contributed by atoms with E-state index in [0.717, 1.165) is 17.8 Å². The lowest BCUT2D eigenvalue weighted by atomic mass is 9.96. The van der Waals surface area contributed by atoms with Gasteiger partial charge in [0.15, 0.2) is 0 Å². The molecule has 0 amide bonds. The number of allylic oxidation sites excluding steroid dienone is 2. The van der Waals surface area contributed by atoms with Gasteiger partial charge in [0.05, 0.1) is 0 Å². The molecule has 0 aliphatic carbocycles. The van der Waals surface area contributed by atoms with Crippen LogP contribution in [0.25, 0.3) is 0 Å². The molecule has 0 N–H and O–H groups in total. The molecule has 0 aromatic carbocycles. The van der Waals surface area contributed by atoms with E-state index in [-0.39, 0.29) is 0 Å². The summed E-state index contributed by atoms with van der Waals surface area (Å²) in [6.07, 6.45) is 11.4. The first-order valence-electron chi connectivity index (χ1n) is 6.72. The molecule has 0 nitrogen and oxygen atoms in total. The van der Waals surface area contributed by atoms with Gasteiger partial charge in [0, 0.05) is 0 Å². The maximum atomic E-state index is 2.40. The Morgan fingerprint density at radius 1 is 1.00 bits per heavy atom. The maximum absolute atomic E-state index is 2.40. The van der Waals surface area contributed by atoms with Gasteiger partial charge < -0.3 is 0 Å². The fourth-order valence-corrected chi connectivity index (χ4v) is 2.17. The number of hydrogen-bond acceptors (Lipinski definition) is 0. The van der Waals surface area contributed by atoms with E-state index < -0.39 is 0 Å². The van der Waals surface area contributed by atoms with Crippen LogP contribution >= 0.6 is 0 Å². The monoisotopic (exact) mass is 210 g/mol. The standard InChI is InChI=1S/C15H30/c1-6-9-14(4)10-7-8-11-15(5)12-13(2)3/h8,11,13-15H,6-7,9-10,12H2,1-5H3. The highest BCUT2D eigenvalue weighted by atomic mass is 14.1. The quantitative estimate of drug-likeness (QED) is 0.468. The van der Waals surface area contributed by atoms with Crippen molar-refractivity contribution in [1.29, 1.82) is 0 Å². The fourth-order valence-electron chi connectivity index (χ4n) is 2.17. The van der Waals surface area contributed by atoms with Crippen molar-refractivity contribution in [3.8, 4) is 0 Å². The van der Waals surface area contributed by atoms with E-state index in [1.807, 2.05) is 0 Å². The van der Waals surface area contributed by atoms with Gasteiger partial charge in [0.25, 0.3) is 0 Å². The van der Waals surface area contributed by atoms with E-state index in [1.165, 1.54) is 32.1 Å². The van der Waals surface area contributed by atoms with Gasteiger partial charge in [0.2, 0.25) is 0 Å². The zero-order valence-corrected chi connectivity index (χ0v) is 11.4. The van der Waals surface area contributed by atoms with Crippen LogP contribution in [0.4, 0.5) is 0 Å². The Hall–Kier alpha value is -0.260. The van der Waals surface area contributed by atoms with Crippen LogP contribution in [-0.2, 0) is 0 Å². The van der Waals surface area contributed by atoms with Crippen molar-refractivity contribution in [2.45, 2.75) is 66.7 Å². The first kappa shape index (κ1) is 14.7. The zero-order valence-electron chi connectivity index (χ0n) is 11.4. The topological polar surface area (TPSA) is 0 Å². The highest BCUT2D eigenvalue weighted by molar-refractivity contribution is 4.87. The molecule has 0 radical (unpaired) electrons. The van der Waals surface area contributed by atoms with Gasteiger partial charge in [-0.25, -0.2) is 0 Å². The second-order valence-corrected chi connectivity index (χ2v) is 5.51. The first-order valence-corrected chi connectivity index (χ1v) is 6.72. The van der Waals surface area contributed by atoms with Crippen molar-refractivity contribution < 1.29 is 0 Å². The molecular weight excluding hydrogens is 180 g/mol. The Morgan fingerprint density at radius 2 is 1.67 bits per heavy atom. The molecule has 0 aromatic heterocycles. The van der Waals surface area contributed by atoms with E-state index in [0.29, 0.717) is 0 Å². The zero-order chi connectivity index (χ0) is 11.7. The van der Waals surface area contributed by atoms with Crippen LogP contribution in [-0.4, -0.2) is 0 Å². The Bertz CT molecular complexity index is 155. The van der Waals surface area contributed by atoms with E-state index in [2.05, 4.69) is 46.8 Å². The molecule has 0 fully saturated rings. The van der Waals surface area contributed by atoms with Gasteiger partial charge in [-0.2, -0.15) is 0 Å². The third kappa shape index (κ3) is 10.0. The molecule has 2 unspecified atom stereocenters. The van der Waals surface area contributed by atoms with Gasteiger partial charge >= 0.3 is 0 Å². The third-order valence-electron chi connectivity index (χ3n) is 2.92. The van der Waals surface area contributed by atoms with Crippen LogP contribution in [0.2, 0.25) is 0 Å². The van der Waals surface area contributed by atoms with Crippen molar-refractivity contribution >= 4 is 0 Å². The van der Waals surface area contributed by atoms with Crippen LogP contribution in [0.1, 0.15) is 66.7 Å². The normalized spacial score (nSPS) is 16.1. The smallest absolute Gasteiger partial charge is 0.0260 e. The summed E-state index contributed by atoms with van der Waals surface area (Å²) in [6.45, 7) is 11.6. The van der Waals surface area contributed by atoms with E-state index in [9.17, 15) is 0 Å². The van der Waals surface area contributed by atoms with Crippen molar-refractivity contribution in [1.82, 2.24) is 0 Å². The van der Waals surface area contributed by atoms with Crippen molar-refractivity contribution in [3.63, 3.8) is 0 Å². The van der Waals surface area contributed by atoms with Crippen LogP contribution in [0.3, 0.4) is 0 Å². The summed E-state index contributed by atoms with van der Waals surface area (Å²) in [4.78, 5) is 0. The van der Waals surface area contributed by atoms with Crippen molar-refractivity contribution in [2.24, 2.45) is 17.8 Å². The van der Waals surface area contributed by atoms with Gasteiger partial charge in [-0.15, -0.1) is 0 Å². The predicted octanol–water partition coefficient (Wildman–Crippen LogP) is 5.44. The molecule has 0 heterocycles. The average molecular weight is 210 g/mol. The maximum Gasteiger partial charge on any atom is -0.0260 e. The molecule has 90 valence electrons. The molecule has 0 rings (SSSR count). The minimum Gasteiger partial charge on any atom is -0.0883 e. The number of hydrogen-bond donors (Lipinski definition) is 0. The summed E-state index contributed by atoms with van der Waals surface area (Å²) in [5.74, 6) is 2.48. The lowest BCUT2D eigenvalue weighted by Crippen LogP contribution is -1.96. The van der Waals surface area contributed by atoms with Crippen LogP contribution < -0.4 is 0 Å². The molecule has 0 bridgehead atoms. The summed E-state index contributed by atoms with van der Waals surface area (Å²) in [5.41, 5.74) is 0. The Balaban J connectivity index is 3.52. The van der Waals surface area contributed by atoms with Gasteiger partial charge in [-0.1, -0.05) is 59.6 Å². The van der Waals surface area contributed by atoms with Crippen LogP contribution in [0.5, 0.6) is 0 Å². The fraction of sp³-hybridized carbons (Fsp3) is 0.867. The van der Waals surface area contributed by atoms with Gasteiger partial charge in [-0.3, -0.25) is 0 Å². The largest absolute Gasteiger partial charge is 0.0883 e.